The number of nitrogens with zero attached hydrogens (tertiary/aromatic N) is 2. The van der Waals surface area contributed by atoms with Gasteiger partial charge < -0.3 is 5.32 Å². The second kappa shape index (κ2) is 8.93. The zero-order valence-electron chi connectivity index (χ0n) is 16.6. The van der Waals surface area contributed by atoms with E-state index in [9.17, 15) is 30.8 Å². The first-order valence-electron chi connectivity index (χ1n) is 9.47. The highest BCUT2D eigenvalue weighted by Gasteiger charge is 2.33. The summed E-state index contributed by atoms with van der Waals surface area (Å²) in [6, 6.07) is 8.61. The fraction of sp³-hybridized carbons (Fsp3) is 0.350. The topological polar surface area (TPSA) is 69.7 Å². The Balaban J connectivity index is 1.59. The van der Waals surface area contributed by atoms with E-state index in [4.69, 9.17) is 0 Å². The van der Waals surface area contributed by atoms with Crippen molar-refractivity contribution >= 4 is 21.6 Å². The molecule has 1 aliphatic rings. The van der Waals surface area contributed by atoms with Crippen LogP contribution >= 0.6 is 0 Å². The van der Waals surface area contributed by atoms with Crippen molar-refractivity contribution < 1.29 is 30.8 Å². The van der Waals surface area contributed by atoms with Crippen molar-refractivity contribution in [2.24, 2.45) is 0 Å². The fourth-order valence-corrected chi connectivity index (χ4v) is 4.77. The lowest BCUT2D eigenvalue weighted by atomic mass is 10.2. The summed E-state index contributed by atoms with van der Waals surface area (Å²) in [4.78, 5) is 13.8. The van der Waals surface area contributed by atoms with Crippen LogP contribution in [0.1, 0.15) is 12.5 Å². The first kappa shape index (κ1) is 23.2. The molecule has 1 saturated heterocycles. The van der Waals surface area contributed by atoms with Crippen LogP contribution in [0, 0.1) is 5.82 Å². The van der Waals surface area contributed by atoms with Crippen molar-refractivity contribution in [2.45, 2.75) is 24.0 Å². The van der Waals surface area contributed by atoms with E-state index in [1.165, 1.54) is 34.6 Å². The summed E-state index contributed by atoms with van der Waals surface area (Å²) in [7, 11) is -3.99. The maximum atomic E-state index is 13.9. The van der Waals surface area contributed by atoms with E-state index in [0.717, 1.165) is 18.2 Å². The molecule has 11 heteroatoms. The van der Waals surface area contributed by atoms with Crippen LogP contribution in [-0.4, -0.2) is 55.8 Å². The minimum atomic E-state index is -4.46. The van der Waals surface area contributed by atoms with E-state index in [1.54, 1.807) is 11.8 Å². The number of nitrogens with one attached hydrogen (secondary N) is 1. The maximum Gasteiger partial charge on any atom is 0.416 e. The van der Waals surface area contributed by atoms with Gasteiger partial charge in [-0.05, 0) is 43.3 Å². The van der Waals surface area contributed by atoms with Crippen molar-refractivity contribution in [1.82, 2.24) is 9.21 Å². The largest absolute Gasteiger partial charge is 0.416 e. The van der Waals surface area contributed by atoms with Crippen LogP contribution in [0.25, 0.3) is 0 Å². The third-order valence-corrected chi connectivity index (χ3v) is 7.07. The van der Waals surface area contributed by atoms with E-state index < -0.39 is 44.4 Å². The van der Waals surface area contributed by atoms with E-state index >= 15 is 0 Å². The molecule has 2 aromatic carbocycles. The lowest BCUT2D eigenvalue weighted by Gasteiger charge is -2.36. The summed E-state index contributed by atoms with van der Waals surface area (Å²) in [5, 5.41) is 2.56. The number of anilines is 1. The Labute approximate surface area is 177 Å². The highest BCUT2D eigenvalue weighted by Crippen LogP contribution is 2.30. The van der Waals surface area contributed by atoms with Gasteiger partial charge in [0.25, 0.3) is 0 Å². The predicted octanol–water partition coefficient (Wildman–Crippen LogP) is 3.18. The molecule has 1 N–H and O–H groups in total. The van der Waals surface area contributed by atoms with Crippen molar-refractivity contribution in [3.63, 3.8) is 0 Å². The summed E-state index contributed by atoms with van der Waals surface area (Å²) in [5.74, 6) is -1.25. The first-order chi connectivity index (χ1) is 14.5. The molecule has 1 aliphatic heterocycles. The van der Waals surface area contributed by atoms with Gasteiger partial charge in [0.15, 0.2) is 0 Å². The molecule has 0 saturated carbocycles. The van der Waals surface area contributed by atoms with Gasteiger partial charge in [-0.1, -0.05) is 12.1 Å². The monoisotopic (exact) mass is 459 g/mol. The van der Waals surface area contributed by atoms with E-state index in [-0.39, 0.29) is 31.9 Å². The van der Waals surface area contributed by atoms with Gasteiger partial charge in [0.1, 0.15) is 10.7 Å². The van der Waals surface area contributed by atoms with Crippen molar-refractivity contribution in [1.29, 1.82) is 0 Å². The minimum Gasteiger partial charge on any atom is -0.325 e. The number of amides is 1. The zero-order chi connectivity index (χ0) is 22.8. The van der Waals surface area contributed by atoms with Gasteiger partial charge >= 0.3 is 6.18 Å². The zero-order valence-corrected chi connectivity index (χ0v) is 17.4. The summed E-state index contributed by atoms with van der Waals surface area (Å²) in [5.41, 5.74) is -0.587. The summed E-state index contributed by atoms with van der Waals surface area (Å²) >= 11 is 0. The minimum absolute atomic E-state index is 0.0779. The molecule has 0 spiro atoms. The molecule has 0 aromatic heterocycles. The second-order valence-corrected chi connectivity index (χ2v) is 9.02. The molecule has 1 atom stereocenters. The number of rotatable bonds is 5. The highest BCUT2D eigenvalue weighted by molar-refractivity contribution is 7.89. The van der Waals surface area contributed by atoms with Crippen LogP contribution < -0.4 is 5.32 Å². The second-order valence-electron chi connectivity index (χ2n) is 7.11. The van der Waals surface area contributed by atoms with Gasteiger partial charge in [-0.15, -0.1) is 0 Å². The lowest BCUT2D eigenvalue weighted by Crippen LogP contribution is -2.54. The highest BCUT2D eigenvalue weighted by atomic mass is 32.2. The third-order valence-electron chi connectivity index (χ3n) is 5.13. The van der Waals surface area contributed by atoms with Crippen LogP contribution in [-0.2, 0) is 21.0 Å². The Bertz CT molecular complexity index is 1030. The van der Waals surface area contributed by atoms with E-state index in [0.29, 0.717) is 0 Å². The molecule has 1 unspecified atom stereocenters. The van der Waals surface area contributed by atoms with E-state index in [2.05, 4.69) is 5.32 Å². The van der Waals surface area contributed by atoms with Crippen LogP contribution in [0.5, 0.6) is 0 Å². The molecule has 2 aromatic rings. The molecule has 1 fully saturated rings. The molecular weight excluding hydrogens is 438 g/mol. The number of benzene rings is 2. The van der Waals surface area contributed by atoms with Crippen molar-refractivity contribution in [3.8, 4) is 0 Å². The average molecular weight is 459 g/mol. The number of alkyl halides is 3. The first-order valence-corrected chi connectivity index (χ1v) is 10.9. The summed E-state index contributed by atoms with van der Waals surface area (Å²) in [6.45, 7) is 2.27. The molecule has 3 rings (SSSR count). The van der Waals surface area contributed by atoms with Crippen LogP contribution in [0.4, 0.5) is 23.2 Å². The molecule has 6 nitrogen and oxygen atoms in total. The molecule has 1 heterocycles. The predicted molar refractivity (Wildman–Crippen MR) is 106 cm³/mol. The molecule has 168 valence electrons. The smallest absolute Gasteiger partial charge is 0.325 e. The van der Waals surface area contributed by atoms with Crippen molar-refractivity contribution in [2.75, 3.05) is 31.5 Å². The number of sulfonamides is 1. The fourth-order valence-electron chi connectivity index (χ4n) is 3.28. The standard InChI is InChI=1S/C20H21F4N3O3S/c1-14(19(28)25-16-8-6-15(7-9-16)20(22,23)24)26-10-12-27(13-11-26)31(29,30)18-5-3-2-4-17(18)21/h2-9,14H,10-13H2,1H3,(H,25,28). The number of carbonyl (C=O) groups is 1. The Morgan fingerprint density at radius 3 is 2.13 bits per heavy atom. The maximum absolute atomic E-state index is 13.9. The van der Waals surface area contributed by atoms with Gasteiger partial charge in [-0.3, -0.25) is 9.69 Å². The van der Waals surface area contributed by atoms with Gasteiger partial charge in [-0.2, -0.15) is 17.5 Å². The van der Waals surface area contributed by atoms with Gasteiger partial charge in [0, 0.05) is 31.9 Å². The number of hydrogen-bond donors (Lipinski definition) is 1. The molecule has 0 aliphatic carbocycles. The molecule has 0 bridgehead atoms. The normalized spacial score (nSPS) is 17.3. The Kier molecular flexibility index (Phi) is 6.68. The molecule has 1 amide bonds. The molecule has 0 radical (unpaired) electrons. The van der Waals surface area contributed by atoms with Crippen LogP contribution in [0.15, 0.2) is 53.4 Å². The molecular formula is C20H21F4N3O3S. The number of piperazine rings is 1. The van der Waals surface area contributed by atoms with Crippen LogP contribution in [0.2, 0.25) is 0 Å². The Morgan fingerprint density at radius 1 is 1.00 bits per heavy atom. The summed E-state index contributed by atoms with van der Waals surface area (Å²) in [6.07, 6.45) is -4.46. The third kappa shape index (κ3) is 5.23. The SMILES string of the molecule is CC(C(=O)Nc1ccc(C(F)(F)F)cc1)N1CCN(S(=O)(=O)c2ccccc2F)CC1. The van der Waals surface area contributed by atoms with E-state index in [1.807, 2.05) is 0 Å². The van der Waals surface area contributed by atoms with Crippen LogP contribution in [0.3, 0.4) is 0 Å². The lowest BCUT2D eigenvalue weighted by molar-refractivity contribution is -0.137. The van der Waals surface area contributed by atoms with Crippen molar-refractivity contribution in [3.05, 3.63) is 59.9 Å². The average Bonchev–Trinajstić information content (AvgIpc) is 2.73. The number of hydrogen-bond acceptors (Lipinski definition) is 4. The summed E-state index contributed by atoms with van der Waals surface area (Å²) < 4.78 is 78.3. The number of halogens is 4. The van der Waals surface area contributed by atoms with Gasteiger partial charge in [0.2, 0.25) is 15.9 Å². The Hall–Kier alpha value is -2.50. The Morgan fingerprint density at radius 2 is 1.58 bits per heavy atom. The molecule has 31 heavy (non-hydrogen) atoms. The number of carbonyl (C=O) groups excluding carboxylic acids is 1. The quantitative estimate of drug-likeness (QED) is 0.698. The van der Waals surface area contributed by atoms with Gasteiger partial charge in [-0.25, -0.2) is 12.8 Å². The van der Waals surface area contributed by atoms with Gasteiger partial charge in [0.05, 0.1) is 11.6 Å².